The van der Waals surface area contributed by atoms with Gasteiger partial charge in [-0.1, -0.05) is 25.5 Å². The van der Waals surface area contributed by atoms with Crippen LogP contribution in [0.15, 0.2) is 11.6 Å². The normalized spacial score (nSPS) is 18.1. The van der Waals surface area contributed by atoms with Gasteiger partial charge in [0.15, 0.2) is 0 Å². The van der Waals surface area contributed by atoms with Crippen molar-refractivity contribution in [3.8, 4) is 0 Å². The second-order valence-corrected chi connectivity index (χ2v) is 5.00. The Kier molecular flexibility index (Phi) is 5.53. The lowest BCUT2D eigenvalue weighted by atomic mass is 9.97. The van der Waals surface area contributed by atoms with Crippen molar-refractivity contribution in [3.05, 3.63) is 11.6 Å². The van der Waals surface area contributed by atoms with E-state index >= 15 is 0 Å². The maximum absolute atomic E-state index is 11.6. The van der Waals surface area contributed by atoms with E-state index in [2.05, 4.69) is 25.2 Å². The van der Waals surface area contributed by atoms with Crippen LogP contribution >= 0.6 is 0 Å². The summed E-state index contributed by atoms with van der Waals surface area (Å²) in [5.74, 6) is 0.526. The van der Waals surface area contributed by atoms with Crippen molar-refractivity contribution in [1.29, 1.82) is 0 Å². The number of nitrogens with two attached hydrogens (primary N) is 1. The predicted octanol–water partition coefficient (Wildman–Crippen LogP) is 1.98. The van der Waals surface area contributed by atoms with Crippen molar-refractivity contribution in [2.45, 2.75) is 52.0 Å². The minimum Gasteiger partial charge on any atom is -0.354 e. The van der Waals surface area contributed by atoms with Gasteiger partial charge in [0, 0.05) is 19.0 Å². The van der Waals surface area contributed by atoms with E-state index in [1.165, 1.54) is 18.4 Å². The summed E-state index contributed by atoms with van der Waals surface area (Å²) in [6.07, 6.45) is 7.49. The summed E-state index contributed by atoms with van der Waals surface area (Å²) in [4.78, 5) is 11.6. The van der Waals surface area contributed by atoms with Crippen LogP contribution in [0.25, 0.3) is 0 Å². The zero-order valence-corrected chi connectivity index (χ0v) is 10.5. The third-order valence-corrected chi connectivity index (χ3v) is 3.16. The van der Waals surface area contributed by atoms with Gasteiger partial charge in [-0.05, 0) is 31.6 Å². The molecule has 0 saturated carbocycles. The molecule has 0 bridgehead atoms. The van der Waals surface area contributed by atoms with Crippen molar-refractivity contribution >= 4 is 5.91 Å². The number of hydrogen-bond acceptors (Lipinski definition) is 2. The first kappa shape index (κ1) is 13.2. The fourth-order valence-corrected chi connectivity index (χ4v) is 1.80. The lowest BCUT2D eigenvalue weighted by molar-refractivity contribution is -0.120. The summed E-state index contributed by atoms with van der Waals surface area (Å²) in [6, 6.07) is 0.0595. The van der Waals surface area contributed by atoms with Gasteiger partial charge in [0.1, 0.15) is 0 Å². The van der Waals surface area contributed by atoms with Crippen LogP contribution in [0.5, 0.6) is 0 Å². The third kappa shape index (κ3) is 4.79. The van der Waals surface area contributed by atoms with Crippen LogP contribution in [0.4, 0.5) is 0 Å². The molecule has 92 valence electrons. The van der Waals surface area contributed by atoms with Gasteiger partial charge in [0.2, 0.25) is 5.91 Å². The smallest absolute Gasteiger partial charge is 0.224 e. The van der Waals surface area contributed by atoms with Gasteiger partial charge < -0.3 is 11.1 Å². The van der Waals surface area contributed by atoms with Crippen LogP contribution in [0, 0.1) is 5.92 Å². The number of hydrogen-bond donors (Lipinski definition) is 2. The molecule has 0 spiro atoms. The molecule has 1 rings (SSSR count). The molecule has 0 aromatic carbocycles. The third-order valence-electron chi connectivity index (χ3n) is 3.16. The molecule has 0 fully saturated rings. The number of rotatable bonds is 5. The summed E-state index contributed by atoms with van der Waals surface area (Å²) in [5, 5.41) is 2.91. The van der Waals surface area contributed by atoms with E-state index in [1.54, 1.807) is 0 Å². The topological polar surface area (TPSA) is 55.1 Å². The molecule has 1 amide bonds. The average molecular weight is 224 g/mol. The monoisotopic (exact) mass is 224 g/mol. The number of nitrogens with one attached hydrogen (secondary N) is 1. The summed E-state index contributed by atoms with van der Waals surface area (Å²) in [5.41, 5.74) is 7.16. The standard InChI is InChI=1S/C13H24N2O/c1-10(2)12(14)9-15-13(16)8-11-6-4-3-5-7-11/h6,10,12H,3-5,7-9,14H2,1-2H3,(H,15,16). The zero-order chi connectivity index (χ0) is 12.0. The summed E-state index contributed by atoms with van der Waals surface area (Å²) < 4.78 is 0. The maximum atomic E-state index is 11.6. The highest BCUT2D eigenvalue weighted by atomic mass is 16.1. The van der Waals surface area contributed by atoms with E-state index in [1.807, 2.05) is 0 Å². The Morgan fingerprint density at radius 3 is 2.81 bits per heavy atom. The molecule has 0 aromatic heterocycles. The first-order valence-corrected chi connectivity index (χ1v) is 6.29. The van der Waals surface area contributed by atoms with Crippen molar-refractivity contribution in [2.75, 3.05) is 6.54 Å². The molecular weight excluding hydrogens is 200 g/mol. The average Bonchev–Trinajstić information content (AvgIpc) is 2.27. The van der Waals surface area contributed by atoms with Gasteiger partial charge in [-0.15, -0.1) is 0 Å². The molecule has 0 aliphatic heterocycles. The highest BCUT2D eigenvalue weighted by Gasteiger charge is 2.11. The lowest BCUT2D eigenvalue weighted by Crippen LogP contribution is -2.40. The van der Waals surface area contributed by atoms with Crippen LogP contribution < -0.4 is 11.1 Å². The molecule has 0 saturated heterocycles. The molecule has 16 heavy (non-hydrogen) atoms. The SMILES string of the molecule is CC(C)C(N)CNC(=O)CC1=CCCCC1. The van der Waals surface area contributed by atoms with E-state index < -0.39 is 0 Å². The van der Waals surface area contributed by atoms with E-state index in [4.69, 9.17) is 5.73 Å². The largest absolute Gasteiger partial charge is 0.354 e. The van der Waals surface area contributed by atoms with E-state index in [0.29, 0.717) is 18.9 Å². The zero-order valence-electron chi connectivity index (χ0n) is 10.5. The Bertz CT molecular complexity index is 259. The highest BCUT2D eigenvalue weighted by molar-refractivity contribution is 5.78. The molecule has 3 heteroatoms. The summed E-state index contributed by atoms with van der Waals surface area (Å²) >= 11 is 0. The van der Waals surface area contributed by atoms with Crippen molar-refractivity contribution < 1.29 is 4.79 Å². The van der Waals surface area contributed by atoms with Crippen molar-refractivity contribution in [1.82, 2.24) is 5.32 Å². The Labute approximate surface area is 98.5 Å². The molecule has 3 nitrogen and oxygen atoms in total. The van der Waals surface area contributed by atoms with E-state index in [9.17, 15) is 4.79 Å². The van der Waals surface area contributed by atoms with Crippen LogP contribution in [-0.2, 0) is 4.79 Å². The van der Waals surface area contributed by atoms with Crippen molar-refractivity contribution in [3.63, 3.8) is 0 Å². The van der Waals surface area contributed by atoms with Crippen LogP contribution in [0.3, 0.4) is 0 Å². The second-order valence-electron chi connectivity index (χ2n) is 5.00. The quantitative estimate of drug-likeness (QED) is 0.702. The number of amides is 1. The minimum atomic E-state index is 0.0595. The molecule has 1 unspecified atom stereocenters. The molecular formula is C13H24N2O. The van der Waals surface area contributed by atoms with E-state index in [-0.39, 0.29) is 11.9 Å². The highest BCUT2D eigenvalue weighted by Crippen LogP contribution is 2.19. The summed E-state index contributed by atoms with van der Waals surface area (Å²) in [7, 11) is 0. The minimum absolute atomic E-state index is 0.0595. The lowest BCUT2D eigenvalue weighted by Gasteiger charge is -2.17. The molecule has 0 heterocycles. The Morgan fingerprint density at radius 2 is 2.25 bits per heavy atom. The maximum Gasteiger partial charge on any atom is 0.224 e. The Hall–Kier alpha value is -0.830. The van der Waals surface area contributed by atoms with Gasteiger partial charge in [0.25, 0.3) is 0 Å². The molecule has 1 aliphatic rings. The van der Waals surface area contributed by atoms with Gasteiger partial charge in [-0.2, -0.15) is 0 Å². The number of allylic oxidation sites excluding steroid dienone is 1. The fourth-order valence-electron chi connectivity index (χ4n) is 1.80. The van der Waals surface area contributed by atoms with Crippen LogP contribution in [-0.4, -0.2) is 18.5 Å². The molecule has 0 aromatic rings. The molecule has 1 aliphatic carbocycles. The second kappa shape index (κ2) is 6.69. The van der Waals surface area contributed by atoms with Gasteiger partial charge >= 0.3 is 0 Å². The first-order valence-electron chi connectivity index (χ1n) is 6.29. The Morgan fingerprint density at radius 1 is 1.50 bits per heavy atom. The van der Waals surface area contributed by atoms with Gasteiger partial charge in [-0.25, -0.2) is 0 Å². The van der Waals surface area contributed by atoms with Crippen LogP contribution in [0.1, 0.15) is 46.0 Å². The molecule has 0 radical (unpaired) electrons. The fraction of sp³-hybridized carbons (Fsp3) is 0.769. The Balaban J connectivity index is 2.22. The molecule has 1 atom stereocenters. The van der Waals surface area contributed by atoms with Gasteiger partial charge in [-0.3, -0.25) is 4.79 Å². The van der Waals surface area contributed by atoms with Gasteiger partial charge in [0.05, 0.1) is 0 Å². The first-order chi connectivity index (χ1) is 7.59. The molecule has 3 N–H and O–H groups in total. The predicted molar refractivity (Wildman–Crippen MR) is 67.0 cm³/mol. The summed E-state index contributed by atoms with van der Waals surface area (Å²) in [6.45, 7) is 4.73. The number of carbonyl (C=O) groups excluding carboxylic acids is 1. The van der Waals surface area contributed by atoms with Crippen molar-refractivity contribution in [2.24, 2.45) is 11.7 Å². The number of carbonyl (C=O) groups is 1. The van der Waals surface area contributed by atoms with E-state index in [0.717, 1.165) is 12.8 Å². The van der Waals surface area contributed by atoms with Crippen LogP contribution in [0.2, 0.25) is 0 Å².